The molecule has 0 bridgehead atoms. The zero-order valence-electron chi connectivity index (χ0n) is 19.9. The standard InChI is InChI=1S/C26H24Cl2N6O3/c1-34-14-20(37-26(36)24-12-22(31-33-24)16-4-8-18(28)9-5-16)10-19(34)13-29-25(35)23-11-21(30-32-23)15-2-6-17(27)7-3-15/h2-9,11-12,19-20H,10,13-14H2,1H3,(H,29,35)(H,30,32)(H,31,33)/t19-,20+/m0/s1. The zero-order valence-corrected chi connectivity index (χ0v) is 21.4. The third-order valence-corrected chi connectivity index (χ3v) is 6.83. The van der Waals surface area contributed by atoms with Crippen LogP contribution in [0, 0.1) is 0 Å². The second kappa shape index (κ2) is 10.8. The van der Waals surface area contributed by atoms with E-state index in [2.05, 4.69) is 30.6 Å². The summed E-state index contributed by atoms with van der Waals surface area (Å²) in [6.45, 7) is 0.971. The van der Waals surface area contributed by atoms with Gasteiger partial charge in [-0.25, -0.2) is 4.79 Å². The summed E-state index contributed by atoms with van der Waals surface area (Å²) in [5.74, 6) is -0.725. The van der Waals surface area contributed by atoms with Gasteiger partial charge in [-0.2, -0.15) is 10.2 Å². The largest absolute Gasteiger partial charge is 0.456 e. The van der Waals surface area contributed by atoms with Crippen molar-refractivity contribution in [3.05, 3.63) is 82.1 Å². The molecule has 37 heavy (non-hydrogen) atoms. The molecule has 0 unspecified atom stereocenters. The SMILES string of the molecule is CN1C[C@H](OC(=O)c2cc(-c3ccc(Cl)cc3)n[nH]2)C[C@H]1CNC(=O)c1cc(-c2ccc(Cl)cc2)n[nH]1. The van der Waals surface area contributed by atoms with Crippen molar-refractivity contribution in [3.8, 4) is 22.5 Å². The smallest absolute Gasteiger partial charge is 0.356 e. The summed E-state index contributed by atoms with van der Waals surface area (Å²) in [5, 5.41) is 18.1. The maximum atomic E-state index is 12.7. The molecule has 190 valence electrons. The van der Waals surface area contributed by atoms with Crippen molar-refractivity contribution in [2.75, 3.05) is 20.1 Å². The number of likely N-dealkylation sites (tertiary alicyclic amines) is 1. The molecule has 1 saturated heterocycles. The van der Waals surface area contributed by atoms with Gasteiger partial charge in [-0.1, -0.05) is 47.5 Å². The number of nitrogens with zero attached hydrogens (tertiary/aromatic N) is 3. The number of hydrogen-bond donors (Lipinski definition) is 3. The van der Waals surface area contributed by atoms with Gasteiger partial charge in [0.15, 0.2) is 0 Å². The summed E-state index contributed by atoms with van der Waals surface area (Å²) in [6, 6.07) is 17.8. The van der Waals surface area contributed by atoms with Crippen LogP contribution < -0.4 is 5.32 Å². The minimum atomic E-state index is -0.469. The first-order valence-electron chi connectivity index (χ1n) is 11.7. The van der Waals surface area contributed by atoms with Gasteiger partial charge in [0.25, 0.3) is 5.91 Å². The fraction of sp³-hybridized carbons (Fsp3) is 0.231. The third kappa shape index (κ3) is 5.85. The molecule has 2 atom stereocenters. The van der Waals surface area contributed by atoms with E-state index in [1.165, 1.54) is 0 Å². The molecular formula is C26H24Cl2N6O3. The third-order valence-electron chi connectivity index (χ3n) is 6.32. The molecule has 0 spiro atoms. The van der Waals surface area contributed by atoms with Crippen molar-refractivity contribution in [2.24, 2.45) is 0 Å². The van der Waals surface area contributed by atoms with Crippen molar-refractivity contribution in [2.45, 2.75) is 18.6 Å². The van der Waals surface area contributed by atoms with Gasteiger partial charge in [0.2, 0.25) is 0 Å². The molecule has 2 aromatic heterocycles. The van der Waals surface area contributed by atoms with Crippen LogP contribution >= 0.6 is 23.2 Å². The van der Waals surface area contributed by atoms with E-state index in [0.29, 0.717) is 46.6 Å². The van der Waals surface area contributed by atoms with E-state index < -0.39 is 5.97 Å². The molecule has 9 nitrogen and oxygen atoms in total. The van der Waals surface area contributed by atoms with Crippen LogP contribution in [0.2, 0.25) is 10.0 Å². The number of likely N-dealkylation sites (N-methyl/N-ethyl adjacent to an activating group) is 1. The molecular weight excluding hydrogens is 515 g/mol. The van der Waals surface area contributed by atoms with Gasteiger partial charge in [0, 0.05) is 46.7 Å². The van der Waals surface area contributed by atoms with E-state index in [1.54, 1.807) is 36.4 Å². The second-order valence-electron chi connectivity index (χ2n) is 8.91. The van der Waals surface area contributed by atoms with E-state index in [-0.39, 0.29) is 23.7 Å². The predicted octanol–water partition coefficient (Wildman–Crippen LogP) is 4.43. The molecule has 1 aliphatic rings. The van der Waals surface area contributed by atoms with Crippen LogP contribution in [-0.2, 0) is 4.74 Å². The van der Waals surface area contributed by atoms with Gasteiger partial charge >= 0.3 is 5.97 Å². The summed E-state index contributed by atoms with van der Waals surface area (Å²) < 4.78 is 5.71. The monoisotopic (exact) mass is 538 g/mol. The number of halogens is 2. The van der Waals surface area contributed by atoms with Crippen LogP contribution in [0.3, 0.4) is 0 Å². The van der Waals surface area contributed by atoms with Crippen molar-refractivity contribution in [3.63, 3.8) is 0 Å². The highest BCUT2D eigenvalue weighted by atomic mass is 35.5. The van der Waals surface area contributed by atoms with Gasteiger partial charge in [0.05, 0.1) is 11.4 Å². The summed E-state index contributed by atoms with van der Waals surface area (Å²) in [4.78, 5) is 27.4. The zero-order chi connectivity index (χ0) is 25.9. The van der Waals surface area contributed by atoms with Crippen molar-refractivity contribution in [1.29, 1.82) is 0 Å². The van der Waals surface area contributed by atoms with Crippen LogP contribution in [-0.4, -0.2) is 69.5 Å². The molecule has 0 radical (unpaired) electrons. The van der Waals surface area contributed by atoms with E-state index in [1.807, 2.05) is 31.3 Å². The molecule has 2 aromatic carbocycles. The first-order chi connectivity index (χ1) is 17.9. The van der Waals surface area contributed by atoms with Crippen molar-refractivity contribution >= 4 is 35.1 Å². The Labute approximate surface area is 223 Å². The minimum absolute atomic E-state index is 0.0202. The average molecular weight is 539 g/mol. The molecule has 1 fully saturated rings. The highest BCUT2D eigenvalue weighted by Gasteiger charge is 2.33. The van der Waals surface area contributed by atoms with E-state index >= 15 is 0 Å². The molecule has 4 aromatic rings. The number of aromatic nitrogens is 4. The summed E-state index contributed by atoms with van der Waals surface area (Å²) in [6.07, 6.45) is 0.296. The Balaban J connectivity index is 1.13. The number of carbonyl (C=O) groups excluding carboxylic acids is 2. The Hall–Kier alpha value is -3.66. The van der Waals surface area contributed by atoms with Crippen LogP contribution in [0.1, 0.15) is 27.4 Å². The van der Waals surface area contributed by atoms with E-state index in [9.17, 15) is 9.59 Å². The molecule has 1 amide bonds. The van der Waals surface area contributed by atoms with Gasteiger partial charge in [-0.15, -0.1) is 0 Å². The fourth-order valence-electron chi connectivity index (χ4n) is 4.27. The number of ether oxygens (including phenoxy) is 1. The number of esters is 1. The maximum Gasteiger partial charge on any atom is 0.356 e. The highest BCUT2D eigenvalue weighted by Crippen LogP contribution is 2.23. The lowest BCUT2D eigenvalue weighted by molar-refractivity contribution is 0.0319. The fourth-order valence-corrected chi connectivity index (χ4v) is 4.53. The number of rotatable bonds is 7. The lowest BCUT2D eigenvalue weighted by Crippen LogP contribution is -2.38. The number of aromatic amines is 2. The Bertz CT molecular complexity index is 1400. The van der Waals surface area contributed by atoms with Crippen molar-refractivity contribution in [1.82, 2.24) is 30.6 Å². The first-order valence-corrected chi connectivity index (χ1v) is 12.4. The molecule has 0 saturated carbocycles. The molecule has 11 heteroatoms. The highest BCUT2D eigenvalue weighted by molar-refractivity contribution is 6.30. The number of H-pyrrole nitrogens is 2. The molecule has 5 rings (SSSR count). The normalized spacial score (nSPS) is 17.6. The first kappa shape index (κ1) is 25.0. The summed E-state index contributed by atoms with van der Waals surface area (Å²) in [5.41, 5.74) is 3.63. The van der Waals surface area contributed by atoms with E-state index in [4.69, 9.17) is 27.9 Å². The maximum absolute atomic E-state index is 12.7. The molecule has 1 aliphatic heterocycles. The molecule has 3 N–H and O–H groups in total. The van der Waals surface area contributed by atoms with Crippen LogP contribution in [0.15, 0.2) is 60.7 Å². The summed E-state index contributed by atoms with van der Waals surface area (Å²) in [7, 11) is 1.94. The Morgan fingerprint density at radius 1 is 0.946 bits per heavy atom. The number of hydrogen-bond acceptors (Lipinski definition) is 6. The van der Waals surface area contributed by atoms with Gasteiger partial charge in [0.1, 0.15) is 17.5 Å². The summed E-state index contributed by atoms with van der Waals surface area (Å²) >= 11 is 11.9. The number of nitrogens with one attached hydrogen (secondary N) is 3. The lowest BCUT2D eigenvalue weighted by Gasteiger charge is -2.18. The number of amides is 1. The number of benzene rings is 2. The Morgan fingerprint density at radius 3 is 2.08 bits per heavy atom. The van der Waals surface area contributed by atoms with Crippen LogP contribution in [0.25, 0.3) is 22.5 Å². The quantitative estimate of drug-likeness (QED) is 0.299. The van der Waals surface area contributed by atoms with Gasteiger partial charge in [-0.05, 0) is 43.4 Å². The van der Waals surface area contributed by atoms with Gasteiger partial charge < -0.3 is 10.1 Å². The van der Waals surface area contributed by atoms with E-state index in [0.717, 1.165) is 11.1 Å². The number of carbonyl (C=O) groups is 2. The topological polar surface area (TPSA) is 116 Å². The Kier molecular flexibility index (Phi) is 7.27. The van der Waals surface area contributed by atoms with Crippen LogP contribution in [0.5, 0.6) is 0 Å². The molecule has 3 heterocycles. The van der Waals surface area contributed by atoms with Gasteiger partial charge in [-0.3, -0.25) is 19.9 Å². The lowest BCUT2D eigenvalue weighted by atomic mass is 10.1. The average Bonchev–Trinajstić information content (AvgIpc) is 3.64. The second-order valence-corrected chi connectivity index (χ2v) is 9.79. The predicted molar refractivity (Wildman–Crippen MR) is 141 cm³/mol. The van der Waals surface area contributed by atoms with Crippen molar-refractivity contribution < 1.29 is 14.3 Å². The Morgan fingerprint density at radius 2 is 1.49 bits per heavy atom. The minimum Gasteiger partial charge on any atom is -0.456 e. The van der Waals surface area contributed by atoms with Crippen LogP contribution in [0.4, 0.5) is 0 Å². The molecule has 0 aliphatic carbocycles.